The molecule has 6 nitrogen and oxygen atoms in total. The van der Waals surface area contributed by atoms with E-state index in [1.54, 1.807) is 23.2 Å². The first-order valence-electron chi connectivity index (χ1n) is 10.8. The zero-order valence-electron chi connectivity index (χ0n) is 17.3. The lowest BCUT2D eigenvalue weighted by Crippen LogP contribution is -2.28. The Morgan fingerprint density at radius 2 is 2.00 bits per heavy atom. The van der Waals surface area contributed by atoms with E-state index >= 15 is 0 Å². The molecule has 1 amide bonds. The fourth-order valence-electron chi connectivity index (χ4n) is 4.53. The molecule has 1 fully saturated rings. The van der Waals surface area contributed by atoms with Crippen LogP contribution in [0.5, 0.6) is 0 Å². The van der Waals surface area contributed by atoms with E-state index in [-0.39, 0.29) is 29.8 Å². The number of carbonyl (C=O) groups excluding carboxylic acids is 2. The average molecular weight is 428 g/mol. The Hall–Kier alpha value is -3.74. The smallest absolute Gasteiger partial charge is 0.257 e. The van der Waals surface area contributed by atoms with Crippen molar-refractivity contribution in [1.29, 1.82) is 0 Å². The monoisotopic (exact) mass is 428 g/mol. The number of amides is 1. The summed E-state index contributed by atoms with van der Waals surface area (Å²) in [5.41, 5.74) is 4.68. The SMILES string of the molecule is O=C(c1cc(Cc2cccc3[nH]ccc23)ccc1F)N1Cc2cnn(C(=O)C3CC3)c2C1. The molecule has 0 spiro atoms. The molecule has 32 heavy (non-hydrogen) atoms. The number of benzene rings is 2. The van der Waals surface area contributed by atoms with Crippen molar-refractivity contribution in [2.45, 2.75) is 32.4 Å². The van der Waals surface area contributed by atoms with Crippen molar-refractivity contribution in [2.24, 2.45) is 5.92 Å². The van der Waals surface area contributed by atoms with Gasteiger partial charge in [-0.25, -0.2) is 9.07 Å². The molecule has 3 heterocycles. The summed E-state index contributed by atoms with van der Waals surface area (Å²) >= 11 is 0. The lowest BCUT2D eigenvalue weighted by atomic mass is 9.99. The molecule has 0 saturated heterocycles. The van der Waals surface area contributed by atoms with Crippen molar-refractivity contribution in [1.82, 2.24) is 19.7 Å². The number of H-pyrrole nitrogens is 1. The molecule has 0 radical (unpaired) electrons. The Bertz CT molecular complexity index is 1380. The number of rotatable bonds is 4. The van der Waals surface area contributed by atoms with Gasteiger partial charge < -0.3 is 9.88 Å². The second kappa shape index (κ2) is 7.15. The lowest BCUT2D eigenvalue weighted by molar-refractivity contribution is 0.0735. The predicted molar refractivity (Wildman–Crippen MR) is 117 cm³/mol. The molecule has 2 aliphatic rings. The zero-order valence-corrected chi connectivity index (χ0v) is 17.3. The molecule has 4 aromatic rings. The molecule has 7 heteroatoms. The van der Waals surface area contributed by atoms with Crippen LogP contribution in [-0.4, -0.2) is 31.5 Å². The van der Waals surface area contributed by atoms with E-state index in [0.717, 1.165) is 46.1 Å². The molecule has 160 valence electrons. The highest BCUT2D eigenvalue weighted by Gasteiger charge is 2.36. The van der Waals surface area contributed by atoms with Crippen molar-refractivity contribution in [2.75, 3.05) is 0 Å². The summed E-state index contributed by atoms with van der Waals surface area (Å²) in [6.07, 6.45) is 5.93. The Morgan fingerprint density at radius 3 is 2.84 bits per heavy atom. The molecular formula is C25H21FN4O2. The summed E-state index contributed by atoms with van der Waals surface area (Å²) < 4.78 is 16.1. The fourth-order valence-corrected chi connectivity index (χ4v) is 4.53. The third-order valence-corrected chi connectivity index (χ3v) is 6.42. The number of halogens is 1. The fraction of sp³-hybridized carbons (Fsp3) is 0.240. The maximum Gasteiger partial charge on any atom is 0.257 e. The van der Waals surface area contributed by atoms with Gasteiger partial charge >= 0.3 is 0 Å². The Morgan fingerprint density at radius 1 is 1.12 bits per heavy atom. The third kappa shape index (κ3) is 3.12. The number of hydrogen-bond acceptors (Lipinski definition) is 3. The van der Waals surface area contributed by atoms with Gasteiger partial charge in [-0.1, -0.05) is 18.2 Å². The van der Waals surface area contributed by atoms with Gasteiger partial charge in [-0.2, -0.15) is 5.10 Å². The minimum atomic E-state index is -0.537. The van der Waals surface area contributed by atoms with Crippen LogP contribution in [0.2, 0.25) is 0 Å². The van der Waals surface area contributed by atoms with Gasteiger partial charge in [-0.3, -0.25) is 9.59 Å². The van der Waals surface area contributed by atoms with Crippen LogP contribution in [0.15, 0.2) is 54.9 Å². The van der Waals surface area contributed by atoms with Crippen molar-refractivity contribution in [3.05, 3.63) is 88.6 Å². The number of nitrogens with one attached hydrogen (secondary N) is 1. The third-order valence-electron chi connectivity index (χ3n) is 6.42. The van der Waals surface area contributed by atoms with Gasteiger partial charge in [-0.05, 0) is 54.7 Å². The quantitative estimate of drug-likeness (QED) is 0.527. The highest BCUT2D eigenvalue weighted by Crippen LogP contribution is 2.33. The Kier molecular flexibility index (Phi) is 4.24. The summed E-state index contributed by atoms with van der Waals surface area (Å²) in [6.45, 7) is 0.595. The molecule has 6 rings (SSSR count). The topological polar surface area (TPSA) is 71.0 Å². The highest BCUT2D eigenvalue weighted by molar-refractivity contribution is 5.95. The largest absolute Gasteiger partial charge is 0.361 e. The summed E-state index contributed by atoms with van der Waals surface area (Å²) in [5, 5.41) is 5.33. The van der Waals surface area contributed by atoms with Gasteiger partial charge in [-0.15, -0.1) is 0 Å². The van der Waals surface area contributed by atoms with E-state index in [1.165, 1.54) is 10.7 Å². The summed E-state index contributed by atoms with van der Waals surface area (Å²) in [7, 11) is 0. The van der Waals surface area contributed by atoms with E-state index in [0.29, 0.717) is 13.0 Å². The van der Waals surface area contributed by atoms with Crippen LogP contribution < -0.4 is 0 Å². The first kappa shape index (κ1) is 19.0. The minimum Gasteiger partial charge on any atom is -0.361 e. The molecule has 0 bridgehead atoms. The number of hydrogen-bond donors (Lipinski definition) is 1. The number of aromatic nitrogens is 3. The second-order valence-electron chi connectivity index (χ2n) is 8.65. The minimum absolute atomic E-state index is 0.00680. The molecule has 1 aliphatic carbocycles. The van der Waals surface area contributed by atoms with Gasteiger partial charge in [0.05, 0.1) is 24.0 Å². The number of aromatic amines is 1. The van der Waals surface area contributed by atoms with E-state index in [2.05, 4.69) is 10.1 Å². The lowest BCUT2D eigenvalue weighted by Gasteiger charge is -2.17. The van der Waals surface area contributed by atoms with E-state index in [9.17, 15) is 14.0 Å². The van der Waals surface area contributed by atoms with Gasteiger partial charge in [0, 0.05) is 35.1 Å². The molecule has 1 saturated carbocycles. The zero-order chi connectivity index (χ0) is 21.8. The first-order chi connectivity index (χ1) is 15.6. The second-order valence-corrected chi connectivity index (χ2v) is 8.65. The summed E-state index contributed by atoms with van der Waals surface area (Å²) in [4.78, 5) is 30.4. The summed E-state index contributed by atoms with van der Waals surface area (Å²) in [6, 6.07) is 12.8. The van der Waals surface area contributed by atoms with Crippen molar-refractivity contribution < 1.29 is 14.0 Å². The molecule has 0 unspecified atom stereocenters. The van der Waals surface area contributed by atoms with E-state index < -0.39 is 5.82 Å². The Labute approximate surface area is 183 Å². The number of carbonyl (C=O) groups is 2. The molecule has 0 atom stereocenters. The predicted octanol–water partition coefficient (Wildman–Crippen LogP) is 4.30. The van der Waals surface area contributed by atoms with Crippen LogP contribution in [0.1, 0.15) is 50.4 Å². The number of nitrogens with zero attached hydrogens (tertiary/aromatic N) is 3. The van der Waals surface area contributed by atoms with Crippen LogP contribution in [-0.2, 0) is 19.5 Å². The molecular weight excluding hydrogens is 407 g/mol. The van der Waals surface area contributed by atoms with Crippen molar-refractivity contribution >= 4 is 22.7 Å². The normalized spacial score (nSPS) is 15.3. The standard InChI is InChI=1S/C25H21FN4O2/c26-21-7-4-15(10-17-2-1-3-22-19(17)8-9-27-22)11-20(21)25(32)29-13-18-12-28-30(23(18)14-29)24(31)16-5-6-16/h1-4,7-9,11-12,16,27H,5-6,10,13-14H2. The maximum absolute atomic E-state index is 14.7. The average Bonchev–Trinajstić information content (AvgIpc) is 3.18. The molecule has 2 aromatic carbocycles. The van der Waals surface area contributed by atoms with Gasteiger partial charge in [0.15, 0.2) is 0 Å². The van der Waals surface area contributed by atoms with Crippen LogP contribution >= 0.6 is 0 Å². The highest BCUT2D eigenvalue weighted by atomic mass is 19.1. The van der Waals surface area contributed by atoms with Crippen LogP contribution in [0.25, 0.3) is 10.9 Å². The van der Waals surface area contributed by atoms with Gasteiger partial charge in [0.25, 0.3) is 5.91 Å². The van der Waals surface area contributed by atoms with E-state index in [4.69, 9.17) is 0 Å². The van der Waals surface area contributed by atoms with Gasteiger partial charge in [0.2, 0.25) is 5.91 Å². The Balaban J connectivity index is 1.25. The molecule has 1 aliphatic heterocycles. The van der Waals surface area contributed by atoms with Crippen LogP contribution in [0.4, 0.5) is 4.39 Å². The first-order valence-corrected chi connectivity index (χ1v) is 10.8. The molecule has 1 N–H and O–H groups in total. The van der Waals surface area contributed by atoms with Crippen LogP contribution in [0.3, 0.4) is 0 Å². The van der Waals surface area contributed by atoms with Crippen molar-refractivity contribution in [3.8, 4) is 0 Å². The van der Waals surface area contributed by atoms with E-state index in [1.807, 2.05) is 30.5 Å². The molecule has 2 aromatic heterocycles. The summed E-state index contributed by atoms with van der Waals surface area (Å²) in [5.74, 6) is -0.869. The van der Waals surface area contributed by atoms with Gasteiger partial charge in [0.1, 0.15) is 5.82 Å². The van der Waals surface area contributed by atoms with Crippen LogP contribution in [0, 0.1) is 11.7 Å². The number of fused-ring (bicyclic) bond motifs is 2. The van der Waals surface area contributed by atoms with Crippen molar-refractivity contribution in [3.63, 3.8) is 0 Å². The maximum atomic E-state index is 14.7.